The highest BCUT2D eigenvalue weighted by Crippen LogP contribution is 2.23. The summed E-state index contributed by atoms with van der Waals surface area (Å²) in [5.74, 6) is 0.522. The lowest BCUT2D eigenvalue weighted by Crippen LogP contribution is -2.13. The zero-order valence-corrected chi connectivity index (χ0v) is 12.1. The highest BCUT2D eigenvalue weighted by molar-refractivity contribution is 7.99. The number of aromatic nitrogens is 2. The number of carbonyl (C=O) groups excluding carboxylic acids is 1. The Morgan fingerprint density at radius 1 is 1.40 bits per heavy atom. The van der Waals surface area contributed by atoms with Crippen molar-refractivity contribution in [1.29, 1.82) is 0 Å². The predicted molar refractivity (Wildman–Crippen MR) is 81.9 cm³/mol. The average molecular weight is 309 g/mol. The van der Waals surface area contributed by atoms with E-state index in [2.05, 4.69) is 15.3 Å². The molecule has 2 aromatic rings. The minimum Gasteiger partial charge on any atom is -0.397 e. The number of carbonyl (C=O) groups is 1. The molecule has 0 aliphatic rings. The molecule has 0 bridgehead atoms. The topological polar surface area (TPSA) is 80.9 Å². The maximum absolute atomic E-state index is 11.8. The van der Waals surface area contributed by atoms with Crippen molar-refractivity contribution >= 4 is 40.6 Å². The van der Waals surface area contributed by atoms with E-state index in [0.717, 1.165) is 5.03 Å². The first kappa shape index (κ1) is 14.6. The van der Waals surface area contributed by atoms with Gasteiger partial charge in [-0.1, -0.05) is 11.6 Å². The molecular formula is C13H13ClN4OS. The van der Waals surface area contributed by atoms with Gasteiger partial charge in [0.1, 0.15) is 5.03 Å². The highest BCUT2D eigenvalue weighted by Gasteiger charge is 2.06. The van der Waals surface area contributed by atoms with E-state index in [1.54, 1.807) is 36.8 Å². The molecule has 0 saturated heterocycles. The van der Waals surface area contributed by atoms with Crippen LogP contribution in [-0.4, -0.2) is 21.6 Å². The van der Waals surface area contributed by atoms with Gasteiger partial charge >= 0.3 is 0 Å². The van der Waals surface area contributed by atoms with Crippen LogP contribution in [0.1, 0.15) is 6.42 Å². The fraction of sp³-hybridized carbons (Fsp3) is 0.154. The number of thioether (sulfide) groups is 1. The Balaban J connectivity index is 1.81. The van der Waals surface area contributed by atoms with E-state index in [0.29, 0.717) is 28.6 Å². The minimum atomic E-state index is -0.101. The second-order valence-electron chi connectivity index (χ2n) is 3.92. The molecule has 104 valence electrons. The smallest absolute Gasteiger partial charge is 0.225 e. The van der Waals surface area contributed by atoms with Crippen LogP contribution in [0.4, 0.5) is 11.4 Å². The van der Waals surface area contributed by atoms with E-state index in [4.69, 9.17) is 17.3 Å². The first-order chi connectivity index (χ1) is 9.65. The van der Waals surface area contributed by atoms with Gasteiger partial charge in [0.25, 0.3) is 0 Å². The summed E-state index contributed by atoms with van der Waals surface area (Å²) < 4.78 is 0. The second-order valence-corrected chi connectivity index (χ2v) is 5.47. The van der Waals surface area contributed by atoms with E-state index in [-0.39, 0.29) is 5.91 Å². The summed E-state index contributed by atoms with van der Waals surface area (Å²) in [5, 5.41) is 4.09. The molecule has 2 rings (SSSR count). The third kappa shape index (κ3) is 4.40. The maximum Gasteiger partial charge on any atom is 0.225 e. The number of nitrogens with two attached hydrogens (primary N) is 1. The summed E-state index contributed by atoms with van der Waals surface area (Å²) in [4.78, 5) is 19.9. The van der Waals surface area contributed by atoms with Gasteiger partial charge in [-0.05, 0) is 18.2 Å². The molecule has 0 unspecified atom stereocenters. The van der Waals surface area contributed by atoms with Gasteiger partial charge in [-0.25, -0.2) is 4.98 Å². The zero-order chi connectivity index (χ0) is 14.4. The Morgan fingerprint density at radius 3 is 2.95 bits per heavy atom. The van der Waals surface area contributed by atoms with Crippen LogP contribution in [0.2, 0.25) is 5.02 Å². The van der Waals surface area contributed by atoms with Gasteiger partial charge in [-0.3, -0.25) is 9.78 Å². The Kier molecular flexibility index (Phi) is 5.20. The molecule has 5 nitrogen and oxygen atoms in total. The fourth-order valence-electron chi connectivity index (χ4n) is 1.47. The fourth-order valence-corrected chi connectivity index (χ4v) is 2.42. The van der Waals surface area contributed by atoms with E-state index < -0.39 is 0 Å². The molecule has 1 aromatic carbocycles. The number of nitrogens with one attached hydrogen (secondary N) is 1. The number of anilines is 2. The predicted octanol–water partition coefficient (Wildman–Crippen LogP) is 2.83. The van der Waals surface area contributed by atoms with Crippen molar-refractivity contribution in [3.05, 3.63) is 41.8 Å². The Morgan fingerprint density at radius 2 is 2.25 bits per heavy atom. The normalized spacial score (nSPS) is 10.2. The lowest BCUT2D eigenvalue weighted by molar-refractivity contribution is -0.115. The zero-order valence-electron chi connectivity index (χ0n) is 10.5. The van der Waals surface area contributed by atoms with Crippen molar-refractivity contribution in [2.24, 2.45) is 0 Å². The monoisotopic (exact) mass is 308 g/mol. The molecule has 0 spiro atoms. The highest BCUT2D eigenvalue weighted by atomic mass is 35.5. The molecule has 7 heteroatoms. The maximum atomic E-state index is 11.8. The number of rotatable bonds is 5. The second kappa shape index (κ2) is 7.12. The molecule has 0 saturated carbocycles. The first-order valence-electron chi connectivity index (χ1n) is 5.89. The van der Waals surface area contributed by atoms with Crippen LogP contribution in [0, 0.1) is 0 Å². The lowest BCUT2D eigenvalue weighted by Gasteiger charge is -2.08. The van der Waals surface area contributed by atoms with Gasteiger partial charge < -0.3 is 11.1 Å². The molecule has 0 aliphatic carbocycles. The Labute approximate surface area is 126 Å². The average Bonchev–Trinajstić information content (AvgIpc) is 2.43. The van der Waals surface area contributed by atoms with E-state index in [9.17, 15) is 4.79 Å². The van der Waals surface area contributed by atoms with Crippen LogP contribution < -0.4 is 11.1 Å². The minimum absolute atomic E-state index is 0.101. The first-order valence-corrected chi connectivity index (χ1v) is 7.25. The van der Waals surface area contributed by atoms with Gasteiger partial charge in [0.15, 0.2) is 0 Å². The SMILES string of the molecule is Nc1cc(Cl)ccc1NC(=O)CCSc1cnccn1. The van der Waals surface area contributed by atoms with Gasteiger partial charge in [-0.15, -0.1) is 11.8 Å². The molecule has 1 aromatic heterocycles. The molecule has 1 heterocycles. The summed E-state index contributed by atoms with van der Waals surface area (Å²) in [5.41, 5.74) is 6.79. The molecule has 0 atom stereocenters. The van der Waals surface area contributed by atoms with Crippen molar-refractivity contribution in [3.8, 4) is 0 Å². The number of benzene rings is 1. The van der Waals surface area contributed by atoms with Crippen LogP contribution in [0.5, 0.6) is 0 Å². The molecule has 3 N–H and O–H groups in total. The van der Waals surface area contributed by atoms with Crippen LogP contribution in [0.3, 0.4) is 0 Å². The van der Waals surface area contributed by atoms with Crippen molar-refractivity contribution in [3.63, 3.8) is 0 Å². The van der Waals surface area contributed by atoms with E-state index in [1.165, 1.54) is 11.8 Å². The lowest BCUT2D eigenvalue weighted by atomic mass is 10.2. The largest absolute Gasteiger partial charge is 0.397 e. The van der Waals surface area contributed by atoms with E-state index >= 15 is 0 Å². The summed E-state index contributed by atoms with van der Waals surface area (Å²) in [6.07, 6.45) is 5.26. The van der Waals surface area contributed by atoms with Crippen molar-refractivity contribution in [2.45, 2.75) is 11.4 Å². The standard InChI is InChI=1S/C13H13ClN4OS/c14-9-1-2-11(10(15)7-9)18-12(19)3-6-20-13-8-16-4-5-17-13/h1-2,4-5,7-8H,3,6,15H2,(H,18,19). The quantitative estimate of drug-likeness (QED) is 0.655. The number of hydrogen-bond acceptors (Lipinski definition) is 5. The van der Waals surface area contributed by atoms with Crippen molar-refractivity contribution < 1.29 is 4.79 Å². The Bertz CT molecular complexity index is 594. The number of hydrogen-bond donors (Lipinski definition) is 2. The summed E-state index contributed by atoms with van der Waals surface area (Å²) >= 11 is 7.28. The van der Waals surface area contributed by atoms with Crippen LogP contribution in [0.15, 0.2) is 41.8 Å². The molecule has 0 fully saturated rings. The molecule has 20 heavy (non-hydrogen) atoms. The third-order valence-electron chi connectivity index (χ3n) is 2.41. The van der Waals surface area contributed by atoms with Crippen LogP contribution in [0.25, 0.3) is 0 Å². The molecular weight excluding hydrogens is 296 g/mol. The summed E-state index contributed by atoms with van der Waals surface area (Å²) in [6, 6.07) is 4.97. The van der Waals surface area contributed by atoms with Crippen LogP contribution >= 0.6 is 23.4 Å². The van der Waals surface area contributed by atoms with Crippen molar-refractivity contribution in [1.82, 2.24) is 9.97 Å². The third-order valence-corrected chi connectivity index (χ3v) is 3.56. The van der Waals surface area contributed by atoms with Gasteiger partial charge in [-0.2, -0.15) is 0 Å². The van der Waals surface area contributed by atoms with Crippen molar-refractivity contribution in [2.75, 3.05) is 16.8 Å². The van der Waals surface area contributed by atoms with Crippen LogP contribution in [-0.2, 0) is 4.79 Å². The summed E-state index contributed by atoms with van der Waals surface area (Å²) in [6.45, 7) is 0. The van der Waals surface area contributed by atoms with E-state index in [1.807, 2.05) is 0 Å². The molecule has 0 aliphatic heterocycles. The van der Waals surface area contributed by atoms with Gasteiger partial charge in [0.05, 0.1) is 17.6 Å². The van der Waals surface area contributed by atoms with Gasteiger partial charge in [0.2, 0.25) is 5.91 Å². The molecule has 0 radical (unpaired) electrons. The number of nitrogen functional groups attached to an aromatic ring is 1. The Hall–Kier alpha value is -1.79. The molecule has 1 amide bonds. The number of amides is 1. The number of halogens is 1. The van der Waals surface area contributed by atoms with Gasteiger partial charge in [0, 0.05) is 29.6 Å². The number of nitrogens with zero attached hydrogens (tertiary/aromatic N) is 2. The summed E-state index contributed by atoms with van der Waals surface area (Å²) in [7, 11) is 0.